The molecule has 3 aromatic rings. The average Bonchev–Trinajstić information content (AvgIpc) is 3.25. The van der Waals surface area contributed by atoms with E-state index < -0.39 is 25.0 Å². The van der Waals surface area contributed by atoms with E-state index in [-0.39, 0.29) is 12.2 Å². The van der Waals surface area contributed by atoms with Crippen molar-refractivity contribution in [2.24, 2.45) is 12.9 Å². The number of halogens is 1. The molecule has 0 aromatic carbocycles. The molecule has 7 heteroatoms. The minimum absolute atomic E-state index is 0.217. The number of nitrogens with zero attached hydrogens (tertiary/aromatic N) is 3. The molecule has 3 heterocycles. The van der Waals surface area contributed by atoms with E-state index in [4.69, 9.17) is 8.85 Å². The monoisotopic (exact) mass is 343 g/mol. The number of hydrogen-bond donors (Lipinski definition) is 1. The predicted molar refractivity (Wildman–Crippen MR) is 92.1 cm³/mol. The SMILES string of the molecule is [2H]C([2H])([2H])n1c(-c2cccnc2OC)cc2cc(NC(=O)[C@@H]3C[C@@H]3F)ncc21. The first kappa shape index (κ1) is 12.4. The highest BCUT2D eigenvalue weighted by molar-refractivity contribution is 5.96. The molecule has 25 heavy (non-hydrogen) atoms. The Hall–Kier alpha value is -2.96. The van der Waals surface area contributed by atoms with E-state index in [0.29, 0.717) is 28.0 Å². The van der Waals surface area contributed by atoms with Gasteiger partial charge in [0, 0.05) is 22.7 Å². The van der Waals surface area contributed by atoms with Crippen LogP contribution in [-0.2, 0) is 11.8 Å². The smallest absolute Gasteiger partial charge is 0.231 e. The second kappa shape index (κ2) is 5.84. The standard InChI is InChI=1S/C18H17FN4O2/c1-23-14(11-4-3-5-20-18(11)25-2)6-10-7-16(21-9-15(10)23)22-17(24)12-8-13(12)19/h3-7,9,12-13H,8H2,1-2H3,(H,21,22,24)/t12-,13+/m1/s1/i1D3. The Morgan fingerprint density at radius 3 is 3.04 bits per heavy atom. The van der Waals surface area contributed by atoms with Crippen molar-refractivity contribution in [2.75, 3.05) is 12.4 Å². The minimum Gasteiger partial charge on any atom is -0.481 e. The lowest BCUT2D eigenvalue weighted by Gasteiger charge is -2.08. The lowest BCUT2D eigenvalue weighted by Crippen LogP contribution is -2.15. The topological polar surface area (TPSA) is 69.0 Å². The molecule has 1 saturated carbocycles. The summed E-state index contributed by atoms with van der Waals surface area (Å²) < 4.78 is 43.3. The Morgan fingerprint density at radius 1 is 1.48 bits per heavy atom. The van der Waals surface area contributed by atoms with Crippen LogP contribution in [0, 0.1) is 5.92 Å². The molecule has 0 spiro atoms. The van der Waals surface area contributed by atoms with Crippen molar-refractivity contribution in [2.45, 2.75) is 12.6 Å². The summed E-state index contributed by atoms with van der Waals surface area (Å²) in [5.41, 5.74) is 1.27. The number of pyridine rings is 2. The van der Waals surface area contributed by atoms with Crippen LogP contribution in [0.4, 0.5) is 10.2 Å². The molecule has 0 radical (unpaired) electrons. The van der Waals surface area contributed by atoms with Gasteiger partial charge in [0.2, 0.25) is 11.8 Å². The molecule has 6 nitrogen and oxygen atoms in total. The quantitative estimate of drug-likeness (QED) is 0.791. The van der Waals surface area contributed by atoms with Crippen molar-refractivity contribution in [1.29, 1.82) is 0 Å². The first-order valence-electron chi connectivity index (χ1n) is 9.26. The van der Waals surface area contributed by atoms with Gasteiger partial charge >= 0.3 is 0 Å². The molecular formula is C18H17FN4O2. The van der Waals surface area contributed by atoms with E-state index >= 15 is 0 Å². The number of nitrogens with one attached hydrogen (secondary N) is 1. The Morgan fingerprint density at radius 2 is 2.32 bits per heavy atom. The number of amides is 1. The van der Waals surface area contributed by atoms with Crippen LogP contribution >= 0.6 is 0 Å². The summed E-state index contributed by atoms with van der Waals surface area (Å²) in [6, 6.07) is 6.64. The minimum atomic E-state index is -2.47. The number of carbonyl (C=O) groups excluding carboxylic acids is 1. The fourth-order valence-corrected chi connectivity index (χ4v) is 2.78. The normalized spacial score (nSPS) is 21.3. The molecule has 4 rings (SSSR count). The molecule has 1 aliphatic rings. The summed E-state index contributed by atoms with van der Waals surface area (Å²) in [4.78, 5) is 20.2. The van der Waals surface area contributed by atoms with Crippen LogP contribution in [-0.4, -0.2) is 33.7 Å². The van der Waals surface area contributed by atoms with Crippen molar-refractivity contribution >= 4 is 22.6 Å². The molecule has 0 aliphatic heterocycles. The van der Waals surface area contributed by atoms with Crippen molar-refractivity contribution in [3.05, 3.63) is 36.7 Å². The van der Waals surface area contributed by atoms with Crippen LogP contribution in [0.5, 0.6) is 5.88 Å². The number of methoxy groups -OCH3 is 1. The molecule has 0 saturated heterocycles. The van der Waals surface area contributed by atoms with Gasteiger partial charge in [0.1, 0.15) is 12.0 Å². The van der Waals surface area contributed by atoms with E-state index in [1.807, 2.05) is 0 Å². The highest BCUT2D eigenvalue weighted by Crippen LogP contribution is 2.35. The molecule has 1 N–H and O–H groups in total. The fraction of sp³-hybridized carbons (Fsp3) is 0.278. The zero-order chi connectivity index (χ0) is 20.1. The maximum absolute atomic E-state index is 13.1. The number of fused-ring (bicyclic) bond motifs is 1. The first-order valence-corrected chi connectivity index (χ1v) is 7.76. The number of aromatic nitrogens is 3. The second-order valence-corrected chi connectivity index (χ2v) is 5.90. The van der Waals surface area contributed by atoms with E-state index in [2.05, 4.69) is 15.3 Å². The Bertz CT molecular complexity index is 1070. The molecule has 1 amide bonds. The molecule has 0 bridgehead atoms. The molecule has 2 atom stereocenters. The van der Waals surface area contributed by atoms with Crippen LogP contribution in [0.3, 0.4) is 0 Å². The molecular weight excluding hydrogens is 323 g/mol. The van der Waals surface area contributed by atoms with Gasteiger partial charge in [-0.25, -0.2) is 14.4 Å². The molecule has 0 unspecified atom stereocenters. The molecule has 1 fully saturated rings. The number of aryl methyl sites for hydroxylation is 1. The maximum atomic E-state index is 13.1. The van der Waals surface area contributed by atoms with Gasteiger partial charge in [-0.05, 0) is 30.7 Å². The lowest BCUT2D eigenvalue weighted by atomic mass is 10.2. The van der Waals surface area contributed by atoms with Gasteiger partial charge in [-0.1, -0.05) is 0 Å². The predicted octanol–water partition coefficient (Wildman–Crippen LogP) is 2.94. The Kier molecular flexibility index (Phi) is 2.90. The van der Waals surface area contributed by atoms with Crippen LogP contribution in [0.2, 0.25) is 0 Å². The highest BCUT2D eigenvalue weighted by atomic mass is 19.1. The van der Waals surface area contributed by atoms with Gasteiger partial charge in [-0.2, -0.15) is 0 Å². The zero-order valence-corrected chi connectivity index (χ0v) is 13.4. The number of rotatable bonds is 4. The number of alkyl halides is 1. The summed E-state index contributed by atoms with van der Waals surface area (Å²) in [7, 11) is 1.46. The van der Waals surface area contributed by atoms with Crippen molar-refractivity contribution < 1.29 is 18.0 Å². The van der Waals surface area contributed by atoms with Gasteiger partial charge < -0.3 is 14.6 Å². The largest absolute Gasteiger partial charge is 0.481 e. The third-order valence-corrected chi connectivity index (χ3v) is 4.23. The number of ether oxygens (including phenoxy) is 1. The third kappa shape index (κ3) is 2.71. The second-order valence-electron chi connectivity index (χ2n) is 5.90. The van der Waals surface area contributed by atoms with Crippen LogP contribution in [0.25, 0.3) is 22.2 Å². The van der Waals surface area contributed by atoms with E-state index in [1.54, 1.807) is 30.5 Å². The lowest BCUT2D eigenvalue weighted by molar-refractivity contribution is -0.117. The van der Waals surface area contributed by atoms with Gasteiger partial charge in [0.15, 0.2) is 0 Å². The average molecular weight is 343 g/mol. The molecule has 1 aliphatic carbocycles. The van der Waals surface area contributed by atoms with Crippen molar-refractivity contribution in [3.8, 4) is 17.1 Å². The zero-order valence-electron chi connectivity index (χ0n) is 16.4. The van der Waals surface area contributed by atoms with E-state index in [0.717, 1.165) is 0 Å². The van der Waals surface area contributed by atoms with Gasteiger partial charge in [-0.15, -0.1) is 0 Å². The Balaban J connectivity index is 1.82. The van der Waals surface area contributed by atoms with E-state index in [1.165, 1.54) is 17.9 Å². The summed E-state index contributed by atoms with van der Waals surface area (Å²) in [5, 5.41) is 3.14. The van der Waals surface area contributed by atoms with Gasteiger partial charge in [0.25, 0.3) is 0 Å². The van der Waals surface area contributed by atoms with Crippen LogP contribution < -0.4 is 10.1 Å². The van der Waals surface area contributed by atoms with Crippen molar-refractivity contribution in [1.82, 2.24) is 14.5 Å². The van der Waals surface area contributed by atoms with Gasteiger partial charge in [-0.3, -0.25) is 4.79 Å². The fourth-order valence-electron chi connectivity index (χ4n) is 2.78. The highest BCUT2D eigenvalue weighted by Gasteiger charge is 2.43. The van der Waals surface area contributed by atoms with Gasteiger partial charge in [0.05, 0.1) is 36.0 Å². The third-order valence-electron chi connectivity index (χ3n) is 4.23. The first-order chi connectivity index (χ1) is 13.3. The maximum Gasteiger partial charge on any atom is 0.231 e. The Labute approximate surface area is 147 Å². The summed E-state index contributed by atoms with van der Waals surface area (Å²) >= 11 is 0. The summed E-state index contributed by atoms with van der Waals surface area (Å²) in [6.45, 7) is -2.47. The number of hydrogen-bond acceptors (Lipinski definition) is 4. The van der Waals surface area contributed by atoms with E-state index in [9.17, 15) is 9.18 Å². The van der Waals surface area contributed by atoms with Crippen molar-refractivity contribution in [3.63, 3.8) is 0 Å². The summed E-state index contributed by atoms with van der Waals surface area (Å²) in [6.07, 6.45) is 2.04. The number of carbonyl (C=O) groups is 1. The molecule has 128 valence electrons. The van der Waals surface area contributed by atoms with Crippen LogP contribution in [0.1, 0.15) is 10.5 Å². The number of anilines is 1. The summed E-state index contributed by atoms with van der Waals surface area (Å²) in [5.74, 6) is -0.535. The molecule has 3 aromatic heterocycles. The van der Waals surface area contributed by atoms with Crippen LogP contribution in [0.15, 0.2) is 36.7 Å².